The van der Waals surface area contributed by atoms with E-state index >= 15 is 0 Å². The molecule has 3 nitrogen and oxygen atoms in total. The van der Waals surface area contributed by atoms with E-state index in [2.05, 4.69) is 21.2 Å². The molecule has 0 aromatic heterocycles. The Morgan fingerprint density at radius 1 is 1.62 bits per heavy atom. The lowest BCUT2D eigenvalue weighted by atomic mass is 10.1. The number of benzene rings is 1. The second-order valence-electron chi connectivity index (χ2n) is 3.60. The van der Waals surface area contributed by atoms with Gasteiger partial charge >= 0.3 is 0 Å². The van der Waals surface area contributed by atoms with E-state index in [4.69, 9.17) is 17.3 Å². The van der Waals surface area contributed by atoms with Gasteiger partial charge in [-0.25, -0.2) is 0 Å². The van der Waals surface area contributed by atoms with Gasteiger partial charge < -0.3 is 11.1 Å². The zero-order valence-electron chi connectivity index (χ0n) is 8.97. The minimum absolute atomic E-state index is 0.0281. The van der Waals surface area contributed by atoms with Gasteiger partial charge in [-0.15, -0.1) is 0 Å². The van der Waals surface area contributed by atoms with Crippen molar-refractivity contribution < 1.29 is 4.79 Å². The van der Waals surface area contributed by atoms with Crippen molar-refractivity contribution in [3.63, 3.8) is 0 Å². The number of anilines is 1. The summed E-state index contributed by atoms with van der Waals surface area (Å²) in [6, 6.07) is 5.27. The molecule has 0 bridgehead atoms. The second-order valence-corrected chi connectivity index (χ2v) is 4.86. The highest BCUT2D eigenvalue weighted by molar-refractivity contribution is 9.10. The maximum absolute atomic E-state index is 11.7. The van der Waals surface area contributed by atoms with Crippen LogP contribution in [0.2, 0.25) is 5.02 Å². The predicted molar refractivity (Wildman–Crippen MR) is 70.6 cm³/mol. The van der Waals surface area contributed by atoms with Crippen LogP contribution in [-0.4, -0.2) is 12.5 Å². The van der Waals surface area contributed by atoms with Gasteiger partial charge in [-0.2, -0.15) is 0 Å². The van der Waals surface area contributed by atoms with Gasteiger partial charge in [0, 0.05) is 16.1 Å². The summed E-state index contributed by atoms with van der Waals surface area (Å²) in [5.41, 5.74) is 6.13. The maximum Gasteiger partial charge on any atom is 0.227 e. The quantitative estimate of drug-likeness (QED) is 0.898. The molecule has 1 unspecified atom stereocenters. The van der Waals surface area contributed by atoms with Crippen LogP contribution >= 0.6 is 27.5 Å². The van der Waals surface area contributed by atoms with E-state index in [0.29, 0.717) is 18.0 Å². The van der Waals surface area contributed by atoms with Gasteiger partial charge in [-0.3, -0.25) is 4.79 Å². The van der Waals surface area contributed by atoms with Crippen LogP contribution in [0.4, 0.5) is 5.69 Å². The number of nitrogens with one attached hydrogen (secondary N) is 1. The third kappa shape index (κ3) is 3.77. The van der Waals surface area contributed by atoms with Crippen LogP contribution in [0.25, 0.3) is 0 Å². The SMILES string of the molecule is CC(CCN)C(=O)Nc1ccc(Cl)c(Br)c1. The molecular weight excluding hydrogens is 291 g/mol. The zero-order chi connectivity index (χ0) is 12.1. The lowest BCUT2D eigenvalue weighted by Crippen LogP contribution is -2.22. The van der Waals surface area contributed by atoms with Crippen molar-refractivity contribution in [2.24, 2.45) is 11.7 Å². The van der Waals surface area contributed by atoms with E-state index in [1.54, 1.807) is 18.2 Å². The Labute approximate surface area is 108 Å². The van der Waals surface area contributed by atoms with Gasteiger partial charge in [0.1, 0.15) is 0 Å². The number of nitrogens with two attached hydrogens (primary N) is 1. The average molecular weight is 306 g/mol. The summed E-state index contributed by atoms with van der Waals surface area (Å²) in [6.07, 6.45) is 0.681. The monoisotopic (exact) mass is 304 g/mol. The van der Waals surface area contributed by atoms with Gasteiger partial charge in [-0.05, 0) is 47.1 Å². The molecule has 0 saturated carbocycles. The van der Waals surface area contributed by atoms with Crippen molar-refractivity contribution in [2.45, 2.75) is 13.3 Å². The van der Waals surface area contributed by atoms with Crippen LogP contribution in [0.5, 0.6) is 0 Å². The standard InChI is InChI=1S/C11H14BrClN2O/c1-7(4-5-14)11(16)15-8-2-3-10(13)9(12)6-8/h2-3,6-7H,4-5,14H2,1H3,(H,15,16). The smallest absolute Gasteiger partial charge is 0.227 e. The summed E-state index contributed by atoms with van der Waals surface area (Å²) in [7, 11) is 0. The highest BCUT2D eigenvalue weighted by Gasteiger charge is 2.12. The molecule has 0 aliphatic carbocycles. The third-order valence-electron chi connectivity index (χ3n) is 2.23. The van der Waals surface area contributed by atoms with Gasteiger partial charge in [0.05, 0.1) is 5.02 Å². The van der Waals surface area contributed by atoms with Crippen LogP contribution in [0.3, 0.4) is 0 Å². The number of halogens is 2. The highest BCUT2D eigenvalue weighted by Crippen LogP contribution is 2.25. The number of hydrogen-bond acceptors (Lipinski definition) is 2. The van der Waals surface area contributed by atoms with Crippen LogP contribution in [0.15, 0.2) is 22.7 Å². The number of rotatable bonds is 4. The molecule has 1 atom stereocenters. The Balaban J connectivity index is 2.66. The Bertz CT molecular complexity index is 384. The van der Waals surface area contributed by atoms with Crippen LogP contribution < -0.4 is 11.1 Å². The number of amides is 1. The molecule has 0 aliphatic rings. The van der Waals surface area contributed by atoms with E-state index in [1.807, 2.05) is 6.92 Å². The molecule has 3 N–H and O–H groups in total. The number of carbonyl (C=O) groups is 1. The molecule has 0 radical (unpaired) electrons. The summed E-state index contributed by atoms with van der Waals surface area (Å²) in [6.45, 7) is 2.37. The van der Waals surface area contributed by atoms with E-state index in [0.717, 1.165) is 10.2 Å². The van der Waals surface area contributed by atoms with E-state index in [-0.39, 0.29) is 11.8 Å². The molecule has 0 heterocycles. The predicted octanol–water partition coefficient (Wildman–Crippen LogP) is 3.03. The summed E-state index contributed by atoms with van der Waals surface area (Å²) >= 11 is 9.15. The largest absolute Gasteiger partial charge is 0.330 e. The minimum atomic E-state index is -0.0838. The summed E-state index contributed by atoms with van der Waals surface area (Å²) in [4.78, 5) is 11.7. The van der Waals surface area contributed by atoms with E-state index in [1.165, 1.54) is 0 Å². The van der Waals surface area contributed by atoms with Gasteiger partial charge in [0.2, 0.25) is 5.91 Å². The molecule has 5 heteroatoms. The highest BCUT2D eigenvalue weighted by atomic mass is 79.9. The molecule has 0 fully saturated rings. The van der Waals surface area contributed by atoms with Gasteiger partial charge in [0.15, 0.2) is 0 Å². The average Bonchev–Trinajstić information content (AvgIpc) is 2.24. The fraction of sp³-hybridized carbons (Fsp3) is 0.364. The summed E-state index contributed by atoms with van der Waals surface area (Å²) in [5.74, 6) is -0.112. The molecule has 1 aromatic rings. The maximum atomic E-state index is 11.7. The third-order valence-corrected chi connectivity index (χ3v) is 3.45. The van der Waals surface area contributed by atoms with Gasteiger partial charge in [0.25, 0.3) is 0 Å². The molecule has 0 spiro atoms. The second kappa shape index (κ2) is 6.23. The minimum Gasteiger partial charge on any atom is -0.330 e. The topological polar surface area (TPSA) is 55.1 Å². The first-order chi connectivity index (χ1) is 7.54. The van der Waals surface area contributed by atoms with Crippen molar-refractivity contribution in [1.82, 2.24) is 0 Å². The van der Waals surface area contributed by atoms with Crippen LogP contribution in [0, 0.1) is 5.92 Å². The molecule has 1 amide bonds. The first-order valence-corrected chi connectivity index (χ1v) is 6.17. The van der Waals surface area contributed by atoms with Crippen molar-refractivity contribution in [3.8, 4) is 0 Å². The summed E-state index contributed by atoms with van der Waals surface area (Å²) < 4.78 is 0.762. The lowest BCUT2D eigenvalue weighted by molar-refractivity contribution is -0.119. The Morgan fingerprint density at radius 3 is 2.88 bits per heavy atom. The van der Waals surface area contributed by atoms with E-state index in [9.17, 15) is 4.79 Å². The first kappa shape index (κ1) is 13.5. The molecule has 88 valence electrons. The molecule has 16 heavy (non-hydrogen) atoms. The fourth-order valence-electron chi connectivity index (χ4n) is 1.22. The lowest BCUT2D eigenvalue weighted by Gasteiger charge is -2.11. The fourth-order valence-corrected chi connectivity index (χ4v) is 1.72. The van der Waals surface area contributed by atoms with Crippen molar-refractivity contribution in [3.05, 3.63) is 27.7 Å². The molecule has 0 aliphatic heterocycles. The van der Waals surface area contributed by atoms with E-state index < -0.39 is 0 Å². The van der Waals surface area contributed by atoms with Crippen molar-refractivity contribution in [2.75, 3.05) is 11.9 Å². The Hall–Kier alpha value is -0.580. The molecular formula is C11H14BrClN2O. The first-order valence-electron chi connectivity index (χ1n) is 5.00. The number of hydrogen-bond donors (Lipinski definition) is 2. The molecule has 1 aromatic carbocycles. The molecule has 1 rings (SSSR count). The van der Waals surface area contributed by atoms with Crippen molar-refractivity contribution in [1.29, 1.82) is 0 Å². The number of carbonyl (C=O) groups excluding carboxylic acids is 1. The summed E-state index contributed by atoms with van der Waals surface area (Å²) in [5, 5.41) is 3.43. The zero-order valence-corrected chi connectivity index (χ0v) is 11.3. The Kier molecular flexibility index (Phi) is 5.25. The van der Waals surface area contributed by atoms with Gasteiger partial charge in [-0.1, -0.05) is 18.5 Å². The normalized spacial score (nSPS) is 12.2. The van der Waals surface area contributed by atoms with Crippen LogP contribution in [0.1, 0.15) is 13.3 Å². The van der Waals surface area contributed by atoms with Crippen molar-refractivity contribution >= 4 is 39.1 Å². The Morgan fingerprint density at radius 2 is 2.31 bits per heavy atom. The van der Waals surface area contributed by atoms with Crippen LogP contribution in [-0.2, 0) is 4.79 Å². The molecule has 0 saturated heterocycles.